The number of esters is 2. The molecule has 2 aromatic rings. The molecule has 2 aliphatic rings. The number of hydrogen-bond donors (Lipinski definition) is 1. The number of hydrogen-bond acceptors (Lipinski definition) is 6. The molecule has 2 aliphatic heterocycles. The number of ether oxygens (including phenoxy) is 3. The number of rotatable bonds is 7. The van der Waals surface area contributed by atoms with Crippen molar-refractivity contribution in [2.24, 2.45) is 0 Å². The van der Waals surface area contributed by atoms with E-state index in [1.54, 1.807) is 24.3 Å². The Kier molecular flexibility index (Phi) is 6.23. The van der Waals surface area contributed by atoms with Crippen LogP contribution >= 0.6 is 11.6 Å². The van der Waals surface area contributed by atoms with E-state index in [0.29, 0.717) is 11.3 Å². The molecule has 0 amide bonds. The lowest BCUT2D eigenvalue weighted by molar-refractivity contribution is -0.139. The molecule has 2 aromatic carbocycles. The third-order valence-electron chi connectivity index (χ3n) is 5.65. The van der Waals surface area contributed by atoms with Gasteiger partial charge in [-0.05, 0) is 48.4 Å². The minimum absolute atomic E-state index is 0.00791. The summed E-state index contributed by atoms with van der Waals surface area (Å²) in [7, 11) is 2.40. The van der Waals surface area contributed by atoms with Crippen LogP contribution in [0, 0.1) is 11.6 Å². The van der Waals surface area contributed by atoms with Crippen molar-refractivity contribution in [1.29, 1.82) is 0 Å². The number of nitrogens with one attached hydrogen (secondary N) is 1. The fourth-order valence-corrected chi connectivity index (χ4v) is 4.47. The van der Waals surface area contributed by atoms with Crippen LogP contribution in [0.5, 0.6) is 0 Å². The van der Waals surface area contributed by atoms with Gasteiger partial charge in [-0.15, -0.1) is 0 Å². The van der Waals surface area contributed by atoms with Crippen LogP contribution in [0.1, 0.15) is 5.56 Å². The maximum absolute atomic E-state index is 14.0. The van der Waals surface area contributed by atoms with E-state index < -0.39 is 41.3 Å². The lowest BCUT2D eigenvalue weighted by Crippen LogP contribution is -2.49. The van der Waals surface area contributed by atoms with Crippen LogP contribution in [-0.4, -0.2) is 43.9 Å². The molecule has 0 spiro atoms. The largest absolute Gasteiger partial charge is 0.466 e. The molecule has 0 aromatic heterocycles. The second-order valence-electron chi connectivity index (χ2n) is 7.65. The molecule has 3 atom stereocenters. The highest BCUT2D eigenvalue weighted by atomic mass is 35.5. The molecule has 1 N–H and O–H groups in total. The first-order valence-corrected chi connectivity index (χ1v) is 10.4. The lowest BCUT2D eigenvalue weighted by Gasteiger charge is -2.36. The van der Waals surface area contributed by atoms with Gasteiger partial charge in [0.25, 0.3) is 0 Å². The summed E-state index contributed by atoms with van der Waals surface area (Å²) in [5.74, 6) is -2.44. The van der Waals surface area contributed by atoms with Gasteiger partial charge in [-0.3, -0.25) is 0 Å². The quantitative estimate of drug-likeness (QED) is 0.482. The van der Waals surface area contributed by atoms with Crippen molar-refractivity contribution in [2.45, 2.75) is 24.2 Å². The Morgan fingerprint density at radius 3 is 2.42 bits per heavy atom. The summed E-state index contributed by atoms with van der Waals surface area (Å²) in [5.41, 5.74) is -0.366. The van der Waals surface area contributed by atoms with Gasteiger partial charge in [0, 0.05) is 10.7 Å². The number of anilines is 1. The summed E-state index contributed by atoms with van der Waals surface area (Å²) in [6.07, 6.45) is 2.72. The summed E-state index contributed by atoms with van der Waals surface area (Å²) < 4.78 is 43.5. The van der Waals surface area contributed by atoms with Crippen LogP contribution in [0.2, 0.25) is 5.02 Å². The second kappa shape index (κ2) is 8.96. The van der Waals surface area contributed by atoms with Crippen molar-refractivity contribution in [3.8, 4) is 0 Å². The average Bonchev–Trinajstić information content (AvgIpc) is 3.36. The summed E-state index contributed by atoms with van der Waals surface area (Å²) in [6.45, 7) is 0. The van der Waals surface area contributed by atoms with Gasteiger partial charge in [0.1, 0.15) is 23.3 Å². The normalized spacial score (nSPS) is 21.8. The van der Waals surface area contributed by atoms with Gasteiger partial charge in [0.05, 0.1) is 31.4 Å². The molecule has 0 radical (unpaired) electrons. The van der Waals surface area contributed by atoms with Crippen molar-refractivity contribution >= 4 is 29.2 Å². The first kappa shape index (κ1) is 22.9. The number of benzene rings is 2. The molecule has 0 fully saturated rings. The van der Waals surface area contributed by atoms with Gasteiger partial charge in [-0.2, -0.15) is 0 Å². The molecule has 172 valence electrons. The Balaban J connectivity index is 1.83. The molecular weight excluding hydrogens is 456 g/mol. The van der Waals surface area contributed by atoms with Gasteiger partial charge in [-0.1, -0.05) is 29.8 Å². The van der Waals surface area contributed by atoms with Crippen molar-refractivity contribution < 1.29 is 32.6 Å². The fraction of sp³-hybridized carbons (Fsp3) is 0.250. The number of methoxy groups -OCH3 is 2. The maximum atomic E-state index is 14.0. The van der Waals surface area contributed by atoms with Gasteiger partial charge in [0.2, 0.25) is 0 Å². The molecule has 33 heavy (non-hydrogen) atoms. The third kappa shape index (κ3) is 4.24. The summed E-state index contributed by atoms with van der Waals surface area (Å²) in [5, 5.41) is 3.35. The molecule has 3 unspecified atom stereocenters. The number of carbonyl (C=O) groups excluding carboxylic acids is 2. The average molecular weight is 476 g/mol. The predicted molar refractivity (Wildman–Crippen MR) is 117 cm³/mol. The van der Waals surface area contributed by atoms with Gasteiger partial charge < -0.3 is 19.5 Å². The zero-order valence-corrected chi connectivity index (χ0v) is 18.5. The van der Waals surface area contributed by atoms with Gasteiger partial charge in [-0.25, -0.2) is 18.4 Å². The summed E-state index contributed by atoms with van der Waals surface area (Å²) in [6, 6.07) is 8.98. The molecule has 0 saturated heterocycles. The Morgan fingerprint density at radius 2 is 1.79 bits per heavy atom. The van der Waals surface area contributed by atoms with E-state index >= 15 is 0 Å². The summed E-state index contributed by atoms with van der Waals surface area (Å²) in [4.78, 5) is 25.4. The standard InChI is InChI=1S/C24H20ClF2NO5/c1-31-22(29)20-18-7-8-24(33-18,21(20)23(30)32-2)19(9-13-3-5-15(26)6-4-13)28-17-11-14(25)10-16(27)12-17/h3-8,10-12,18-19,28H,9H2,1-2H3. The van der Waals surface area contributed by atoms with E-state index in [1.165, 1.54) is 38.5 Å². The van der Waals surface area contributed by atoms with Crippen LogP contribution in [0.3, 0.4) is 0 Å². The first-order chi connectivity index (χ1) is 15.8. The van der Waals surface area contributed by atoms with Gasteiger partial charge in [0.15, 0.2) is 0 Å². The molecule has 4 rings (SSSR count). The Bertz CT molecular complexity index is 1140. The number of halogens is 3. The van der Waals surface area contributed by atoms with E-state index in [1.807, 2.05) is 0 Å². The highest BCUT2D eigenvalue weighted by Crippen LogP contribution is 2.47. The highest BCUT2D eigenvalue weighted by Gasteiger charge is 2.58. The molecule has 2 heterocycles. The Morgan fingerprint density at radius 1 is 1.09 bits per heavy atom. The molecule has 9 heteroatoms. The van der Waals surface area contributed by atoms with Crippen LogP contribution in [0.25, 0.3) is 0 Å². The third-order valence-corrected chi connectivity index (χ3v) is 5.87. The van der Waals surface area contributed by atoms with Gasteiger partial charge >= 0.3 is 11.9 Å². The smallest absolute Gasteiger partial charge is 0.337 e. The minimum Gasteiger partial charge on any atom is -0.466 e. The van der Waals surface area contributed by atoms with Crippen molar-refractivity contribution in [2.75, 3.05) is 19.5 Å². The van der Waals surface area contributed by atoms with E-state index in [-0.39, 0.29) is 22.6 Å². The Hall–Kier alpha value is -3.23. The molecule has 2 bridgehead atoms. The van der Waals surface area contributed by atoms with Crippen molar-refractivity contribution in [1.82, 2.24) is 0 Å². The summed E-state index contributed by atoms with van der Waals surface area (Å²) >= 11 is 6.02. The minimum atomic E-state index is -1.44. The monoisotopic (exact) mass is 475 g/mol. The molecule has 0 saturated carbocycles. The van der Waals surface area contributed by atoms with Crippen LogP contribution in [0.15, 0.2) is 65.8 Å². The molecular formula is C24H20ClF2NO5. The predicted octanol–water partition coefficient (Wildman–Crippen LogP) is 3.99. The van der Waals surface area contributed by atoms with Crippen molar-refractivity contribution in [3.63, 3.8) is 0 Å². The van der Waals surface area contributed by atoms with E-state index in [9.17, 15) is 18.4 Å². The topological polar surface area (TPSA) is 73.9 Å². The number of fused-ring (bicyclic) bond motifs is 2. The second-order valence-corrected chi connectivity index (χ2v) is 8.08. The fourth-order valence-electron chi connectivity index (χ4n) is 4.25. The van der Waals surface area contributed by atoms with Crippen LogP contribution in [0.4, 0.5) is 14.5 Å². The van der Waals surface area contributed by atoms with E-state index in [4.69, 9.17) is 25.8 Å². The van der Waals surface area contributed by atoms with E-state index in [0.717, 1.165) is 6.07 Å². The van der Waals surface area contributed by atoms with Crippen molar-refractivity contribution in [3.05, 3.63) is 88.0 Å². The molecule has 0 aliphatic carbocycles. The Labute approximate surface area is 193 Å². The van der Waals surface area contributed by atoms with Crippen LogP contribution in [-0.2, 0) is 30.2 Å². The maximum Gasteiger partial charge on any atom is 0.337 e. The first-order valence-electron chi connectivity index (χ1n) is 10.0. The zero-order chi connectivity index (χ0) is 23.8. The SMILES string of the molecule is COC(=O)C1=C(C(=O)OC)C2(C(Cc3ccc(F)cc3)Nc3cc(F)cc(Cl)c3)C=CC1O2. The number of carbonyl (C=O) groups is 2. The van der Waals surface area contributed by atoms with E-state index in [2.05, 4.69) is 5.32 Å². The highest BCUT2D eigenvalue weighted by molar-refractivity contribution is 6.30. The zero-order valence-electron chi connectivity index (χ0n) is 17.7. The lowest BCUT2D eigenvalue weighted by atomic mass is 9.79. The molecule has 6 nitrogen and oxygen atoms in total. The van der Waals surface area contributed by atoms with Crippen LogP contribution < -0.4 is 5.32 Å².